The summed E-state index contributed by atoms with van der Waals surface area (Å²) in [7, 11) is 0. The third-order valence-electron chi connectivity index (χ3n) is 2.36. The number of nitrogens with one attached hydrogen (secondary N) is 2. The highest BCUT2D eigenvalue weighted by Gasteiger charge is 2.10. The van der Waals surface area contributed by atoms with Crippen molar-refractivity contribution in [2.24, 2.45) is 5.92 Å². The molecule has 0 aliphatic heterocycles. The maximum atomic E-state index is 11.8. The van der Waals surface area contributed by atoms with E-state index in [1.807, 2.05) is 13.8 Å². The fourth-order valence-electron chi connectivity index (χ4n) is 1.35. The van der Waals surface area contributed by atoms with E-state index in [-0.39, 0.29) is 18.4 Å². The van der Waals surface area contributed by atoms with Crippen molar-refractivity contribution in [2.45, 2.75) is 13.8 Å². The Kier molecular flexibility index (Phi) is 6.61. The van der Waals surface area contributed by atoms with Gasteiger partial charge in [-0.15, -0.1) is 11.3 Å². The van der Waals surface area contributed by atoms with Gasteiger partial charge >= 0.3 is 5.97 Å². The maximum absolute atomic E-state index is 11.8. The molecule has 0 saturated heterocycles. The standard InChI is InChI=1S/C14H18N2O4S/c1-9(2)7-15-12(17)8-16-14(20)11-5-3-10(21-11)4-6-13(18)19/h3-6,9H,7-8H2,1-2H3,(H,15,17)(H,16,20)(H,18,19)/b6-4+. The summed E-state index contributed by atoms with van der Waals surface area (Å²) in [5.74, 6) is -1.28. The van der Waals surface area contributed by atoms with Gasteiger partial charge in [0.2, 0.25) is 5.91 Å². The topological polar surface area (TPSA) is 95.5 Å². The molecule has 0 saturated carbocycles. The van der Waals surface area contributed by atoms with Crippen LogP contribution in [0.15, 0.2) is 18.2 Å². The highest BCUT2D eigenvalue weighted by molar-refractivity contribution is 7.14. The van der Waals surface area contributed by atoms with Crippen LogP contribution in [0.3, 0.4) is 0 Å². The molecular weight excluding hydrogens is 292 g/mol. The fourth-order valence-corrected chi connectivity index (χ4v) is 2.17. The van der Waals surface area contributed by atoms with Crippen LogP contribution in [0.25, 0.3) is 6.08 Å². The minimum atomic E-state index is -1.05. The fraction of sp³-hybridized carbons (Fsp3) is 0.357. The summed E-state index contributed by atoms with van der Waals surface area (Å²) in [6.07, 6.45) is 2.42. The van der Waals surface area contributed by atoms with Gasteiger partial charge in [0, 0.05) is 17.5 Å². The highest BCUT2D eigenvalue weighted by atomic mass is 32.1. The summed E-state index contributed by atoms with van der Waals surface area (Å²) >= 11 is 1.16. The normalized spacial score (nSPS) is 10.8. The molecule has 2 amide bonds. The van der Waals surface area contributed by atoms with Gasteiger partial charge in [0.05, 0.1) is 11.4 Å². The number of aliphatic carboxylic acids is 1. The van der Waals surface area contributed by atoms with Crippen molar-refractivity contribution in [2.75, 3.05) is 13.1 Å². The Morgan fingerprint density at radius 2 is 2.00 bits per heavy atom. The van der Waals surface area contributed by atoms with E-state index in [0.717, 1.165) is 17.4 Å². The molecule has 0 atom stereocenters. The molecule has 0 fully saturated rings. The number of hydrogen-bond donors (Lipinski definition) is 3. The Morgan fingerprint density at radius 3 is 2.62 bits per heavy atom. The van der Waals surface area contributed by atoms with E-state index in [4.69, 9.17) is 5.11 Å². The molecule has 0 bridgehead atoms. The van der Waals surface area contributed by atoms with Gasteiger partial charge in [0.25, 0.3) is 5.91 Å². The van der Waals surface area contributed by atoms with Crippen LogP contribution >= 0.6 is 11.3 Å². The molecule has 0 unspecified atom stereocenters. The van der Waals surface area contributed by atoms with Crippen molar-refractivity contribution in [3.63, 3.8) is 0 Å². The molecule has 1 heterocycles. The van der Waals surface area contributed by atoms with Gasteiger partial charge in [-0.2, -0.15) is 0 Å². The summed E-state index contributed by atoms with van der Waals surface area (Å²) in [5.41, 5.74) is 0. The van der Waals surface area contributed by atoms with Crippen LogP contribution in [0, 0.1) is 5.92 Å². The number of rotatable bonds is 7. The first-order chi connectivity index (χ1) is 9.88. The molecule has 21 heavy (non-hydrogen) atoms. The molecule has 0 radical (unpaired) electrons. The van der Waals surface area contributed by atoms with Crippen molar-refractivity contribution in [3.8, 4) is 0 Å². The van der Waals surface area contributed by atoms with Crippen LogP contribution < -0.4 is 10.6 Å². The Morgan fingerprint density at radius 1 is 1.29 bits per heavy atom. The molecule has 1 aromatic heterocycles. The minimum Gasteiger partial charge on any atom is -0.478 e. The zero-order valence-corrected chi connectivity index (χ0v) is 12.7. The quantitative estimate of drug-likeness (QED) is 0.662. The molecule has 6 nitrogen and oxygen atoms in total. The van der Waals surface area contributed by atoms with Gasteiger partial charge in [0.15, 0.2) is 0 Å². The molecule has 1 rings (SSSR count). The summed E-state index contributed by atoms with van der Waals surface area (Å²) in [4.78, 5) is 34.8. The molecular formula is C14H18N2O4S. The van der Waals surface area contributed by atoms with Crippen LogP contribution in [-0.2, 0) is 9.59 Å². The number of amides is 2. The first-order valence-corrected chi connectivity index (χ1v) is 7.26. The van der Waals surface area contributed by atoms with E-state index in [0.29, 0.717) is 22.2 Å². The monoisotopic (exact) mass is 310 g/mol. The average molecular weight is 310 g/mol. The predicted octanol–water partition coefficient (Wildman–Crippen LogP) is 1.35. The Hall–Kier alpha value is -2.15. The van der Waals surface area contributed by atoms with Crippen molar-refractivity contribution < 1.29 is 19.5 Å². The van der Waals surface area contributed by atoms with Crippen molar-refractivity contribution in [3.05, 3.63) is 28.0 Å². The Bertz CT molecular complexity index is 549. The summed E-state index contributed by atoms with van der Waals surface area (Å²) in [6.45, 7) is 4.45. The lowest BCUT2D eigenvalue weighted by Gasteiger charge is -2.07. The van der Waals surface area contributed by atoms with Gasteiger partial charge in [0.1, 0.15) is 0 Å². The first-order valence-electron chi connectivity index (χ1n) is 6.44. The van der Waals surface area contributed by atoms with Gasteiger partial charge in [-0.3, -0.25) is 9.59 Å². The number of carbonyl (C=O) groups is 3. The lowest BCUT2D eigenvalue weighted by molar-refractivity contribution is -0.131. The van der Waals surface area contributed by atoms with E-state index < -0.39 is 5.97 Å². The second-order valence-corrected chi connectivity index (χ2v) is 5.87. The zero-order valence-electron chi connectivity index (χ0n) is 11.9. The smallest absolute Gasteiger partial charge is 0.328 e. The molecule has 0 aliphatic carbocycles. The largest absolute Gasteiger partial charge is 0.478 e. The minimum absolute atomic E-state index is 0.0796. The van der Waals surface area contributed by atoms with E-state index in [9.17, 15) is 14.4 Å². The number of carbonyl (C=O) groups excluding carboxylic acids is 2. The summed E-state index contributed by atoms with van der Waals surface area (Å²) < 4.78 is 0. The van der Waals surface area contributed by atoms with E-state index in [2.05, 4.69) is 10.6 Å². The third kappa shape index (κ3) is 6.71. The SMILES string of the molecule is CC(C)CNC(=O)CNC(=O)c1ccc(/C=C/C(=O)O)s1. The van der Waals surface area contributed by atoms with Crippen molar-refractivity contribution in [1.82, 2.24) is 10.6 Å². The lowest BCUT2D eigenvalue weighted by atomic mass is 10.2. The van der Waals surface area contributed by atoms with Crippen LogP contribution in [-0.4, -0.2) is 36.0 Å². The van der Waals surface area contributed by atoms with Crippen LogP contribution in [0.4, 0.5) is 0 Å². The van der Waals surface area contributed by atoms with Gasteiger partial charge in [-0.25, -0.2) is 4.79 Å². The van der Waals surface area contributed by atoms with Crippen molar-refractivity contribution in [1.29, 1.82) is 0 Å². The average Bonchev–Trinajstić information content (AvgIpc) is 2.89. The second kappa shape index (κ2) is 8.21. The van der Waals surface area contributed by atoms with Crippen LogP contribution in [0.2, 0.25) is 0 Å². The summed E-state index contributed by atoms with van der Waals surface area (Å²) in [6, 6.07) is 3.24. The predicted molar refractivity (Wildman–Crippen MR) is 81.2 cm³/mol. The van der Waals surface area contributed by atoms with Gasteiger partial charge < -0.3 is 15.7 Å². The molecule has 114 valence electrons. The number of thiophene rings is 1. The van der Waals surface area contributed by atoms with E-state index in [1.54, 1.807) is 12.1 Å². The first kappa shape index (κ1) is 16.9. The molecule has 3 N–H and O–H groups in total. The van der Waals surface area contributed by atoms with Crippen LogP contribution in [0.1, 0.15) is 28.4 Å². The van der Waals surface area contributed by atoms with Gasteiger partial charge in [-0.1, -0.05) is 13.8 Å². The maximum Gasteiger partial charge on any atom is 0.328 e. The second-order valence-electron chi connectivity index (χ2n) is 4.75. The summed E-state index contributed by atoms with van der Waals surface area (Å²) in [5, 5.41) is 13.7. The van der Waals surface area contributed by atoms with Crippen LogP contribution in [0.5, 0.6) is 0 Å². The number of carboxylic acids is 1. The van der Waals surface area contributed by atoms with E-state index in [1.165, 1.54) is 6.08 Å². The molecule has 7 heteroatoms. The molecule has 0 aromatic carbocycles. The molecule has 1 aromatic rings. The Balaban J connectivity index is 2.45. The number of carboxylic acid groups (broad SMARTS) is 1. The van der Waals surface area contributed by atoms with Crippen molar-refractivity contribution >= 4 is 35.2 Å². The lowest BCUT2D eigenvalue weighted by Crippen LogP contribution is -2.38. The zero-order chi connectivity index (χ0) is 15.8. The molecule has 0 aliphatic rings. The van der Waals surface area contributed by atoms with Gasteiger partial charge in [-0.05, 0) is 24.1 Å². The molecule has 0 spiro atoms. The third-order valence-corrected chi connectivity index (χ3v) is 3.41. The Labute approximate surface area is 126 Å². The van der Waals surface area contributed by atoms with E-state index >= 15 is 0 Å². The highest BCUT2D eigenvalue weighted by Crippen LogP contribution is 2.17. The number of hydrogen-bond acceptors (Lipinski definition) is 4.